The Kier molecular flexibility index (Phi) is 4.35. The van der Waals surface area contributed by atoms with Crippen molar-refractivity contribution < 1.29 is 19.4 Å². The second-order valence-corrected chi connectivity index (χ2v) is 7.42. The van der Waals surface area contributed by atoms with Gasteiger partial charge < -0.3 is 19.5 Å². The summed E-state index contributed by atoms with van der Waals surface area (Å²) in [5, 5.41) is 11.7. The van der Waals surface area contributed by atoms with Gasteiger partial charge in [0.05, 0.1) is 5.69 Å². The van der Waals surface area contributed by atoms with Crippen LogP contribution in [-0.2, 0) is 10.4 Å². The quantitative estimate of drug-likeness (QED) is 0.817. The molecular weight excluding hydrogens is 342 g/mol. The fourth-order valence-corrected chi connectivity index (χ4v) is 4.14. The summed E-state index contributed by atoms with van der Waals surface area (Å²) < 4.78 is 10.8. The lowest BCUT2D eigenvalue weighted by molar-refractivity contribution is -0.132. The fourth-order valence-electron chi connectivity index (χ4n) is 4.14. The van der Waals surface area contributed by atoms with Gasteiger partial charge in [-0.1, -0.05) is 43.5 Å². The van der Waals surface area contributed by atoms with Crippen LogP contribution in [0.5, 0.6) is 11.5 Å². The molecule has 27 heavy (non-hydrogen) atoms. The molecular formula is C22H25NO4. The predicted octanol–water partition coefficient (Wildman–Crippen LogP) is 3.80. The number of rotatable bonds is 5. The molecule has 2 aliphatic rings. The number of nitrogens with zero attached hydrogens (tertiary/aromatic N) is 1. The lowest BCUT2D eigenvalue weighted by Gasteiger charge is -2.24. The van der Waals surface area contributed by atoms with Gasteiger partial charge in [-0.25, -0.2) is 0 Å². The van der Waals surface area contributed by atoms with Gasteiger partial charge in [-0.2, -0.15) is 0 Å². The SMILES string of the molecule is CCCCCN1C(=O)C(O)(c2ccc3c(c2)OCO3)c2cc(C)cc(C)c21. The van der Waals surface area contributed by atoms with E-state index in [0.717, 1.165) is 36.1 Å². The van der Waals surface area contributed by atoms with Crippen molar-refractivity contribution >= 4 is 11.6 Å². The zero-order valence-electron chi connectivity index (χ0n) is 16.0. The molecule has 1 amide bonds. The van der Waals surface area contributed by atoms with Crippen LogP contribution < -0.4 is 14.4 Å². The molecule has 5 nitrogen and oxygen atoms in total. The number of benzene rings is 2. The van der Waals surface area contributed by atoms with Gasteiger partial charge in [0.15, 0.2) is 17.1 Å². The molecule has 0 aromatic heterocycles. The number of carbonyl (C=O) groups is 1. The number of carbonyl (C=O) groups excluding carboxylic acids is 1. The number of hydrogen-bond donors (Lipinski definition) is 1. The summed E-state index contributed by atoms with van der Waals surface area (Å²) in [5.74, 6) is 0.901. The Bertz CT molecular complexity index is 907. The molecule has 0 spiro atoms. The average Bonchev–Trinajstić information content (AvgIpc) is 3.19. The normalized spacial score (nSPS) is 20.3. The van der Waals surface area contributed by atoms with Gasteiger partial charge in [-0.3, -0.25) is 4.79 Å². The number of ether oxygens (including phenoxy) is 2. The number of anilines is 1. The lowest BCUT2D eigenvalue weighted by Crippen LogP contribution is -2.41. The molecule has 2 aliphatic heterocycles. The van der Waals surface area contributed by atoms with Crippen molar-refractivity contribution in [2.45, 2.75) is 45.6 Å². The van der Waals surface area contributed by atoms with E-state index in [1.807, 2.05) is 19.9 Å². The molecule has 1 N–H and O–H groups in total. The number of aliphatic hydroxyl groups is 1. The maximum Gasteiger partial charge on any atom is 0.268 e. The van der Waals surface area contributed by atoms with Gasteiger partial charge in [0.25, 0.3) is 5.91 Å². The first-order chi connectivity index (χ1) is 13.0. The summed E-state index contributed by atoms with van der Waals surface area (Å²) in [6.45, 7) is 6.88. The third-order valence-corrected chi connectivity index (χ3v) is 5.43. The van der Waals surface area contributed by atoms with Crippen LogP contribution in [0.25, 0.3) is 0 Å². The van der Waals surface area contributed by atoms with E-state index in [1.54, 1.807) is 23.1 Å². The van der Waals surface area contributed by atoms with Crippen LogP contribution in [-0.4, -0.2) is 24.4 Å². The maximum absolute atomic E-state index is 13.4. The highest BCUT2D eigenvalue weighted by Crippen LogP contribution is 2.48. The summed E-state index contributed by atoms with van der Waals surface area (Å²) in [7, 11) is 0. The average molecular weight is 367 g/mol. The van der Waals surface area contributed by atoms with E-state index in [1.165, 1.54) is 0 Å². The standard InChI is InChI=1S/C22H25NO4/c1-4-5-6-9-23-20-15(3)10-14(2)11-17(20)22(25,21(23)24)16-7-8-18-19(12-16)27-13-26-18/h7-8,10-12,25H,4-6,9,13H2,1-3H3. The van der Waals surface area contributed by atoms with Crippen molar-refractivity contribution in [1.29, 1.82) is 0 Å². The number of hydrogen-bond acceptors (Lipinski definition) is 4. The molecule has 0 bridgehead atoms. The van der Waals surface area contributed by atoms with E-state index in [4.69, 9.17) is 9.47 Å². The molecule has 0 fully saturated rings. The van der Waals surface area contributed by atoms with Crippen molar-refractivity contribution in [3.8, 4) is 11.5 Å². The molecule has 0 radical (unpaired) electrons. The first-order valence-electron chi connectivity index (χ1n) is 9.53. The molecule has 0 saturated heterocycles. The minimum atomic E-state index is -1.71. The molecule has 2 aromatic rings. The zero-order valence-corrected chi connectivity index (χ0v) is 16.0. The third-order valence-electron chi connectivity index (χ3n) is 5.43. The van der Waals surface area contributed by atoms with E-state index in [2.05, 4.69) is 13.0 Å². The summed E-state index contributed by atoms with van der Waals surface area (Å²) >= 11 is 0. The van der Waals surface area contributed by atoms with Gasteiger partial charge in [0, 0.05) is 17.7 Å². The third kappa shape index (κ3) is 2.69. The van der Waals surface area contributed by atoms with Crippen molar-refractivity contribution in [3.63, 3.8) is 0 Å². The number of amides is 1. The summed E-state index contributed by atoms with van der Waals surface area (Å²) in [4.78, 5) is 15.2. The Labute approximate surface area is 159 Å². The minimum absolute atomic E-state index is 0.156. The number of fused-ring (bicyclic) bond motifs is 2. The van der Waals surface area contributed by atoms with Gasteiger partial charge in [-0.05, 0) is 38.0 Å². The van der Waals surface area contributed by atoms with Crippen LogP contribution in [0.15, 0.2) is 30.3 Å². The molecule has 1 atom stereocenters. The zero-order chi connectivity index (χ0) is 19.2. The molecule has 0 aliphatic carbocycles. The highest BCUT2D eigenvalue weighted by atomic mass is 16.7. The maximum atomic E-state index is 13.4. The van der Waals surface area contributed by atoms with E-state index in [0.29, 0.717) is 29.2 Å². The van der Waals surface area contributed by atoms with Gasteiger partial charge in [0.1, 0.15) is 0 Å². The summed E-state index contributed by atoms with van der Waals surface area (Å²) in [5.41, 5.74) is 2.32. The van der Waals surface area contributed by atoms with Crippen LogP contribution in [0.2, 0.25) is 0 Å². The van der Waals surface area contributed by atoms with Gasteiger partial charge in [-0.15, -0.1) is 0 Å². The van der Waals surface area contributed by atoms with Crippen molar-refractivity contribution in [2.24, 2.45) is 0 Å². The van der Waals surface area contributed by atoms with Crippen molar-refractivity contribution in [2.75, 3.05) is 18.2 Å². The summed E-state index contributed by atoms with van der Waals surface area (Å²) in [6, 6.07) is 9.21. The molecule has 5 heteroatoms. The Morgan fingerprint density at radius 2 is 1.89 bits per heavy atom. The molecule has 142 valence electrons. The molecule has 2 aromatic carbocycles. The number of aryl methyl sites for hydroxylation is 2. The molecule has 1 unspecified atom stereocenters. The predicted molar refractivity (Wildman–Crippen MR) is 103 cm³/mol. The lowest BCUT2D eigenvalue weighted by atomic mass is 9.86. The smallest absolute Gasteiger partial charge is 0.268 e. The van der Waals surface area contributed by atoms with E-state index < -0.39 is 5.60 Å². The van der Waals surface area contributed by atoms with Crippen molar-refractivity contribution in [1.82, 2.24) is 0 Å². The molecule has 0 saturated carbocycles. The monoisotopic (exact) mass is 367 g/mol. The second kappa shape index (κ2) is 6.57. The highest BCUT2D eigenvalue weighted by molar-refractivity contribution is 6.10. The number of unbranched alkanes of at least 4 members (excludes halogenated alkanes) is 2. The van der Waals surface area contributed by atoms with Crippen LogP contribution in [0.1, 0.15) is 48.4 Å². The van der Waals surface area contributed by atoms with Gasteiger partial charge in [0.2, 0.25) is 6.79 Å². The highest BCUT2D eigenvalue weighted by Gasteiger charge is 2.51. The summed E-state index contributed by atoms with van der Waals surface area (Å²) in [6.07, 6.45) is 3.03. The fraction of sp³-hybridized carbons (Fsp3) is 0.409. The largest absolute Gasteiger partial charge is 0.454 e. The van der Waals surface area contributed by atoms with E-state index in [-0.39, 0.29) is 12.7 Å². The van der Waals surface area contributed by atoms with Crippen molar-refractivity contribution in [3.05, 3.63) is 52.6 Å². The van der Waals surface area contributed by atoms with E-state index >= 15 is 0 Å². The van der Waals surface area contributed by atoms with Gasteiger partial charge >= 0.3 is 0 Å². The van der Waals surface area contributed by atoms with Crippen LogP contribution in [0, 0.1) is 13.8 Å². The Hall–Kier alpha value is -2.53. The van der Waals surface area contributed by atoms with Crippen LogP contribution in [0.4, 0.5) is 5.69 Å². The Balaban J connectivity index is 1.84. The Morgan fingerprint density at radius 1 is 1.11 bits per heavy atom. The van der Waals surface area contributed by atoms with Crippen LogP contribution >= 0.6 is 0 Å². The second-order valence-electron chi connectivity index (χ2n) is 7.42. The molecule has 4 rings (SSSR count). The van der Waals surface area contributed by atoms with Crippen LogP contribution in [0.3, 0.4) is 0 Å². The minimum Gasteiger partial charge on any atom is -0.454 e. The first-order valence-corrected chi connectivity index (χ1v) is 9.53. The molecule has 2 heterocycles. The first kappa shape index (κ1) is 17.9. The topological polar surface area (TPSA) is 59.0 Å². The Morgan fingerprint density at radius 3 is 2.67 bits per heavy atom. The van der Waals surface area contributed by atoms with E-state index in [9.17, 15) is 9.90 Å².